The Balaban J connectivity index is 1.74. The molecule has 0 amide bonds. The maximum absolute atomic E-state index is 5.28. The van der Waals surface area contributed by atoms with Crippen LogP contribution in [0.1, 0.15) is 52.9 Å². The first-order valence-corrected chi connectivity index (χ1v) is 10.4. The van der Waals surface area contributed by atoms with Gasteiger partial charge in [0, 0.05) is 11.6 Å². The first kappa shape index (κ1) is 20.6. The molecule has 1 aromatic carbocycles. The zero-order valence-corrected chi connectivity index (χ0v) is 18.1. The second-order valence-corrected chi connectivity index (χ2v) is 8.68. The second kappa shape index (κ2) is 8.47. The van der Waals surface area contributed by atoms with Crippen LogP contribution < -0.4 is 14.5 Å². The van der Waals surface area contributed by atoms with Crippen LogP contribution in [-0.2, 0) is 5.54 Å². The summed E-state index contributed by atoms with van der Waals surface area (Å²) in [5.74, 6) is 2.40. The lowest BCUT2D eigenvalue weighted by atomic mass is 9.97. The molecule has 1 aromatic heterocycles. The number of tetrazole rings is 1. The Bertz CT molecular complexity index is 747. The third-order valence-corrected chi connectivity index (χ3v) is 6.16. The van der Waals surface area contributed by atoms with Gasteiger partial charge >= 0.3 is 0 Å². The van der Waals surface area contributed by atoms with Crippen LogP contribution in [0.4, 0.5) is 5.69 Å². The van der Waals surface area contributed by atoms with Gasteiger partial charge in [-0.15, -0.1) is 5.10 Å². The van der Waals surface area contributed by atoms with E-state index in [0.717, 1.165) is 44.2 Å². The molecule has 1 atom stereocenters. The molecule has 7 heteroatoms. The second-order valence-electron chi connectivity index (χ2n) is 8.68. The number of nitrogens with zero attached hydrogens (tertiary/aromatic N) is 5. The van der Waals surface area contributed by atoms with Gasteiger partial charge in [-0.25, -0.2) is 4.68 Å². The molecule has 1 N–H and O–H groups in total. The van der Waals surface area contributed by atoms with Gasteiger partial charge in [-0.1, -0.05) is 20.8 Å². The number of quaternary nitrogens is 1. The first-order valence-electron chi connectivity index (χ1n) is 10.4. The van der Waals surface area contributed by atoms with Gasteiger partial charge in [0.2, 0.25) is 5.82 Å². The molecule has 3 rings (SSSR count). The fourth-order valence-corrected chi connectivity index (χ4v) is 4.08. The zero-order valence-electron chi connectivity index (χ0n) is 18.1. The first-order chi connectivity index (χ1) is 13.4. The van der Waals surface area contributed by atoms with Gasteiger partial charge in [-0.05, 0) is 55.0 Å². The van der Waals surface area contributed by atoms with Crippen LogP contribution in [-0.4, -0.2) is 53.5 Å². The van der Waals surface area contributed by atoms with E-state index in [1.165, 1.54) is 5.69 Å². The Kier molecular flexibility index (Phi) is 6.23. The molecule has 154 valence electrons. The van der Waals surface area contributed by atoms with Crippen molar-refractivity contribution in [2.24, 2.45) is 5.92 Å². The van der Waals surface area contributed by atoms with Crippen LogP contribution in [0.25, 0.3) is 0 Å². The fraction of sp³-hybridized carbons (Fsp3) is 0.667. The van der Waals surface area contributed by atoms with Crippen LogP contribution >= 0.6 is 0 Å². The molecule has 2 aromatic rings. The van der Waals surface area contributed by atoms with Crippen molar-refractivity contribution in [1.82, 2.24) is 20.2 Å². The summed E-state index contributed by atoms with van der Waals surface area (Å²) >= 11 is 0. The Morgan fingerprint density at radius 2 is 1.79 bits per heavy atom. The lowest BCUT2D eigenvalue weighted by Gasteiger charge is -2.39. The molecule has 0 spiro atoms. The van der Waals surface area contributed by atoms with E-state index < -0.39 is 0 Å². The number of ether oxygens (including phenoxy) is 1. The smallest absolute Gasteiger partial charge is 0.210 e. The number of methoxy groups -OCH3 is 1. The third-order valence-electron chi connectivity index (χ3n) is 6.16. The number of nitrogens with one attached hydrogen (secondary N) is 1. The van der Waals surface area contributed by atoms with Gasteiger partial charge in [0.25, 0.3) is 0 Å². The van der Waals surface area contributed by atoms with Gasteiger partial charge in [-0.3, -0.25) is 0 Å². The van der Waals surface area contributed by atoms with Crippen LogP contribution in [0.15, 0.2) is 24.3 Å². The summed E-state index contributed by atoms with van der Waals surface area (Å²) in [5, 5.41) is 12.9. The Morgan fingerprint density at radius 1 is 1.14 bits per heavy atom. The standard InChI is InChI=1S/C21H34N6O/c1-7-21(4,5)27-20(22-23-24-27)19(16(2)3)26-14-12-25(13-15-26)17-8-10-18(28-6)11-9-17/h8-11,16,19H,7,12-15H2,1-6H3/p+1/t19-/m1/s1. The van der Waals surface area contributed by atoms with Gasteiger partial charge in [0.05, 0.1) is 38.8 Å². The molecular weight excluding hydrogens is 352 g/mol. The summed E-state index contributed by atoms with van der Waals surface area (Å²) < 4.78 is 7.33. The maximum atomic E-state index is 5.28. The van der Waals surface area contributed by atoms with E-state index in [1.54, 1.807) is 12.0 Å². The Morgan fingerprint density at radius 3 is 2.32 bits per heavy atom. The van der Waals surface area contributed by atoms with Crippen molar-refractivity contribution >= 4 is 5.69 Å². The van der Waals surface area contributed by atoms with Gasteiger partial charge in [-0.2, -0.15) is 0 Å². The highest BCUT2D eigenvalue weighted by molar-refractivity contribution is 5.49. The topological polar surface area (TPSA) is 60.5 Å². The van der Waals surface area contributed by atoms with E-state index in [2.05, 4.69) is 71.9 Å². The van der Waals surface area contributed by atoms with Crippen molar-refractivity contribution in [3.63, 3.8) is 0 Å². The van der Waals surface area contributed by atoms with Crippen LogP contribution in [0.2, 0.25) is 0 Å². The Labute approximate surface area is 168 Å². The minimum absolute atomic E-state index is 0.0731. The van der Waals surface area contributed by atoms with E-state index in [0.29, 0.717) is 12.0 Å². The summed E-state index contributed by atoms with van der Waals surface area (Å²) in [6.45, 7) is 15.4. The van der Waals surface area contributed by atoms with E-state index in [1.807, 2.05) is 12.1 Å². The predicted molar refractivity (Wildman–Crippen MR) is 111 cm³/mol. The van der Waals surface area contributed by atoms with Crippen molar-refractivity contribution in [2.45, 2.75) is 52.6 Å². The molecular formula is C21H35N6O+. The minimum atomic E-state index is -0.0731. The summed E-state index contributed by atoms with van der Waals surface area (Å²) in [4.78, 5) is 4.03. The monoisotopic (exact) mass is 387 g/mol. The lowest BCUT2D eigenvalue weighted by Crippen LogP contribution is -3.15. The molecule has 2 heterocycles. The normalized spacial score (nSPS) is 17.2. The van der Waals surface area contributed by atoms with Crippen molar-refractivity contribution in [3.05, 3.63) is 30.1 Å². The van der Waals surface area contributed by atoms with Crippen molar-refractivity contribution in [3.8, 4) is 5.75 Å². The molecule has 0 radical (unpaired) electrons. The van der Waals surface area contributed by atoms with Crippen molar-refractivity contribution < 1.29 is 9.64 Å². The molecule has 0 saturated carbocycles. The van der Waals surface area contributed by atoms with E-state index in [-0.39, 0.29) is 5.54 Å². The SMILES string of the molecule is CCC(C)(C)n1nnnc1[C@@H](C(C)C)[NH+]1CCN(c2ccc(OC)cc2)CC1. The molecule has 1 fully saturated rings. The van der Waals surface area contributed by atoms with E-state index in [4.69, 9.17) is 4.74 Å². The summed E-state index contributed by atoms with van der Waals surface area (Å²) in [6, 6.07) is 8.67. The number of hydrogen-bond donors (Lipinski definition) is 1. The highest BCUT2D eigenvalue weighted by Gasteiger charge is 2.37. The summed E-state index contributed by atoms with van der Waals surface area (Å²) in [6.07, 6.45) is 0.996. The molecule has 0 aliphatic carbocycles. The number of hydrogen-bond acceptors (Lipinski definition) is 5. The number of benzene rings is 1. The van der Waals surface area contributed by atoms with E-state index in [9.17, 15) is 0 Å². The molecule has 1 saturated heterocycles. The Hall–Kier alpha value is -2.15. The molecule has 0 bridgehead atoms. The molecule has 1 aliphatic rings. The van der Waals surface area contributed by atoms with Crippen LogP contribution in [0.5, 0.6) is 5.75 Å². The predicted octanol–water partition coefficient (Wildman–Crippen LogP) is 1.93. The van der Waals surface area contributed by atoms with Crippen molar-refractivity contribution in [2.75, 3.05) is 38.2 Å². The zero-order chi connectivity index (χ0) is 20.3. The number of piperazine rings is 1. The summed E-state index contributed by atoms with van der Waals surface area (Å²) in [7, 11) is 1.70. The molecule has 1 aliphatic heterocycles. The van der Waals surface area contributed by atoms with Gasteiger partial charge < -0.3 is 14.5 Å². The summed E-state index contributed by atoms with van der Waals surface area (Å²) in [5.41, 5.74) is 1.19. The van der Waals surface area contributed by atoms with Crippen LogP contribution in [0, 0.1) is 5.92 Å². The highest BCUT2D eigenvalue weighted by atomic mass is 16.5. The number of rotatable bonds is 7. The number of aromatic nitrogens is 4. The molecule has 28 heavy (non-hydrogen) atoms. The van der Waals surface area contributed by atoms with Crippen molar-refractivity contribution in [1.29, 1.82) is 0 Å². The van der Waals surface area contributed by atoms with E-state index >= 15 is 0 Å². The number of anilines is 1. The average molecular weight is 388 g/mol. The largest absolute Gasteiger partial charge is 0.497 e. The lowest BCUT2D eigenvalue weighted by molar-refractivity contribution is -0.937. The molecule has 7 nitrogen and oxygen atoms in total. The average Bonchev–Trinajstić information content (AvgIpc) is 3.19. The maximum Gasteiger partial charge on any atom is 0.210 e. The van der Waals surface area contributed by atoms with Gasteiger partial charge in [0.15, 0.2) is 6.04 Å². The quantitative estimate of drug-likeness (QED) is 0.787. The minimum Gasteiger partial charge on any atom is -0.497 e. The molecule has 0 unspecified atom stereocenters. The highest BCUT2D eigenvalue weighted by Crippen LogP contribution is 2.25. The van der Waals surface area contributed by atoms with Gasteiger partial charge in [0.1, 0.15) is 5.75 Å². The van der Waals surface area contributed by atoms with Crippen LogP contribution in [0.3, 0.4) is 0 Å². The third kappa shape index (κ3) is 4.14. The fourth-order valence-electron chi connectivity index (χ4n) is 4.08.